The number of hydrogen-bond acceptors (Lipinski definition) is 3. The number of aryl methyl sites for hydroxylation is 2. The topological polar surface area (TPSA) is 61.0 Å². The molecule has 0 unspecified atom stereocenters. The molecule has 5 nitrogen and oxygen atoms in total. The molecule has 0 radical (unpaired) electrons. The maximum atomic E-state index is 12.6. The third-order valence-corrected chi connectivity index (χ3v) is 5.61. The summed E-state index contributed by atoms with van der Waals surface area (Å²) in [7, 11) is 0. The first kappa shape index (κ1) is 16.5. The Morgan fingerprint density at radius 2 is 1.87 bits per heavy atom. The number of amides is 1. The molecule has 1 amide bonds. The van der Waals surface area contributed by atoms with E-state index in [2.05, 4.69) is 27.3 Å². The molecule has 1 aromatic rings. The van der Waals surface area contributed by atoms with Crippen LogP contribution in [0.2, 0.25) is 0 Å². The molecule has 2 aliphatic rings. The summed E-state index contributed by atoms with van der Waals surface area (Å²) in [5, 5.41) is 10.9. The number of likely N-dealkylation sites (tertiary alicyclic amines) is 1. The zero-order valence-electron chi connectivity index (χ0n) is 14.5. The van der Waals surface area contributed by atoms with Gasteiger partial charge in [0.15, 0.2) is 0 Å². The van der Waals surface area contributed by atoms with Gasteiger partial charge in [0.1, 0.15) is 0 Å². The Labute approximate surface area is 139 Å². The molecule has 0 spiro atoms. The van der Waals surface area contributed by atoms with Crippen molar-refractivity contribution in [2.45, 2.75) is 71.4 Å². The lowest BCUT2D eigenvalue weighted by Gasteiger charge is -2.35. The molecule has 23 heavy (non-hydrogen) atoms. The summed E-state index contributed by atoms with van der Waals surface area (Å²) in [6.07, 6.45) is 8.12. The van der Waals surface area contributed by atoms with Crippen LogP contribution in [0.15, 0.2) is 0 Å². The van der Waals surface area contributed by atoms with Gasteiger partial charge in [0, 0.05) is 42.9 Å². The minimum atomic E-state index is 0.310. The largest absolute Gasteiger partial charge is 0.342 e. The van der Waals surface area contributed by atoms with Crippen LogP contribution >= 0.6 is 0 Å². The first-order valence-corrected chi connectivity index (χ1v) is 9.17. The molecule has 0 aromatic carbocycles. The number of carbonyl (C=O) groups is 1. The number of aromatic nitrogens is 2. The van der Waals surface area contributed by atoms with Gasteiger partial charge in [-0.1, -0.05) is 19.3 Å². The van der Waals surface area contributed by atoms with E-state index in [1.807, 2.05) is 6.92 Å². The molecule has 1 saturated heterocycles. The summed E-state index contributed by atoms with van der Waals surface area (Å²) in [6.45, 7) is 6.82. The first-order chi connectivity index (χ1) is 11.1. The van der Waals surface area contributed by atoms with Crippen LogP contribution in [0.25, 0.3) is 0 Å². The Hall–Kier alpha value is -1.36. The number of piperidine rings is 1. The fourth-order valence-electron chi connectivity index (χ4n) is 3.99. The number of nitrogens with one attached hydrogen (secondary N) is 2. The summed E-state index contributed by atoms with van der Waals surface area (Å²) in [6, 6.07) is 0.513. The maximum absolute atomic E-state index is 12.6. The molecule has 128 valence electrons. The number of H-pyrrole nitrogens is 1. The number of nitrogens with zero attached hydrogens (tertiary/aromatic N) is 2. The number of rotatable bonds is 4. The van der Waals surface area contributed by atoms with Gasteiger partial charge in [-0.25, -0.2) is 0 Å². The molecular formula is C18H30N4O. The van der Waals surface area contributed by atoms with Gasteiger partial charge < -0.3 is 10.2 Å². The average molecular weight is 318 g/mol. The van der Waals surface area contributed by atoms with Crippen molar-refractivity contribution < 1.29 is 4.79 Å². The van der Waals surface area contributed by atoms with Crippen molar-refractivity contribution >= 4 is 5.91 Å². The Morgan fingerprint density at radius 3 is 2.48 bits per heavy atom. The van der Waals surface area contributed by atoms with E-state index in [1.54, 1.807) is 0 Å². The van der Waals surface area contributed by atoms with Crippen molar-refractivity contribution in [2.75, 3.05) is 13.1 Å². The van der Waals surface area contributed by atoms with E-state index < -0.39 is 0 Å². The van der Waals surface area contributed by atoms with Crippen LogP contribution in [0.5, 0.6) is 0 Å². The molecule has 0 bridgehead atoms. The van der Waals surface area contributed by atoms with Crippen LogP contribution in [0, 0.1) is 19.8 Å². The van der Waals surface area contributed by atoms with Gasteiger partial charge in [0.2, 0.25) is 5.91 Å². The van der Waals surface area contributed by atoms with Gasteiger partial charge >= 0.3 is 0 Å². The molecule has 1 saturated carbocycles. The monoisotopic (exact) mass is 318 g/mol. The minimum Gasteiger partial charge on any atom is -0.342 e. The van der Waals surface area contributed by atoms with Crippen LogP contribution in [-0.4, -0.2) is 40.1 Å². The SMILES string of the molecule is Cc1n[nH]c(C)c1CNC1CCN(C(=O)C2CCCCC2)CC1. The first-order valence-electron chi connectivity index (χ1n) is 9.17. The second-order valence-corrected chi connectivity index (χ2v) is 7.23. The highest BCUT2D eigenvalue weighted by molar-refractivity contribution is 5.79. The number of hydrogen-bond donors (Lipinski definition) is 2. The molecule has 2 N–H and O–H groups in total. The molecule has 1 aromatic heterocycles. The number of carbonyl (C=O) groups excluding carboxylic acids is 1. The lowest BCUT2D eigenvalue weighted by Crippen LogP contribution is -2.46. The second kappa shape index (κ2) is 7.47. The standard InChI is InChI=1S/C18H30N4O/c1-13-17(14(2)21-20-13)12-19-16-8-10-22(11-9-16)18(23)15-6-4-3-5-7-15/h15-16,19H,3-12H2,1-2H3,(H,20,21). The van der Waals surface area contributed by atoms with Crippen LogP contribution in [-0.2, 0) is 11.3 Å². The van der Waals surface area contributed by atoms with Gasteiger partial charge in [-0.05, 0) is 39.5 Å². The molecule has 3 rings (SSSR count). The van der Waals surface area contributed by atoms with E-state index in [1.165, 1.54) is 24.8 Å². The molecule has 5 heteroatoms. The Morgan fingerprint density at radius 1 is 1.17 bits per heavy atom. The van der Waals surface area contributed by atoms with Gasteiger partial charge in [-0.2, -0.15) is 5.10 Å². The van der Waals surface area contributed by atoms with Crippen LogP contribution in [0.1, 0.15) is 61.9 Å². The van der Waals surface area contributed by atoms with E-state index >= 15 is 0 Å². The van der Waals surface area contributed by atoms with E-state index in [0.29, 0.717) is 17.9 Å². The van der Waals surface area contributed by atoms with Crippen molar-refractivity contribution in [2.24, 2.45) is 5.92 Å². The zero-order chi connectivity index (χ0) is 16.2. The zero-order valence-corrected chi connectivity index (χ0v) is 14.5. The van der Waals surface area contributed by atoms with Crippen molar-refractivity contribution in [1.29, 1.82) is 0 Å². The quantitative estimate of drug-likeness (QED) is 0.897. The summed E-state index contributed by atoms with van der Waals surface area (Å²) < 4.78 is 0. The summed E-state index contributed by atoms with van der Waals surface area (Å²) in [4.78, 5) is 14.7. The lowest BCUT2D eigenvalue weighted by atomic mass is 9.87. The third-order valence-electron chi connectivity index (χ3n) is 5.61. The smallest absolute Gasteiger partial charge is 0.225 e. The van der Waals surface area contributed by atoms with Gasteiger partial charge in [0.25, 0.3) is 0 Å². The van der Waals surface area contributed by atoms with Crippen LogP contribution in [0.3, 0.4) is 0 Å². The second-order valence-electron chi connectivity index (χ2n) is 7.23. The molecule has 2 fully saturated rings. The van der Waals surface area contributed by atoms with Crippen molar-refractivity contribution in [1.82, 2.24) is 20.4 Å². The predicted octanol–water partition coefficient (Wildman–Crippen LogP) is 2.69. The van der Waals surface area contributed by atoms with E-state index in [9.17, 15) is 4.79 Å². The minimum absolute atomic E-state index is 0.310. The third kappa shape index (κ3) is 3.94. The summed E-state index contributed by atoms with van der Waals surface area (Å²) >= 11 is 0. The fourth-order valence-corrected chi connectivity index (χ4v) is 3.99. The molecule has 1 aliphatic carbocycles. The van der Waals surface area contributed by atoms with Crippen LogP contribution in [0.4, 0.5) is 0 Å². The van der Waals surface area contributed by atoms with E-state index in [-0.39, 0.29) is 0 Å². The van der Waals surface area contributed by atoms with Gasteiger partial charge in [0.05, 0.1) is 5.69 Å². The van der Waals surface area contributed by atoms with Crippen molar-refractivity contribution in [3.8, 4) is 0 Å². The summed E-state index contributed by atoms with van der Waals surface area (Å²) in [5.74, 6) is 0.731. The molecular weight excluding hydrogens is 288 g/mol. The maximum Gasteiger partial charge on any atom is 0.225 e. The van der Waals surface area contributed by atoms with Gasteiger partial charge in [-0.15, -0.1) is 0 Å². The molecule has 2 heterocycles. The summed E-state index contributed by atoms with van der Waals surface area (Å²) in [5.41, 5.74) is 3.52. The number of aromatic amines is 1. The Bertz CT molecular complexity index is 506. The molecule has 1 aliphatic heterocycles. The van der Waals surface area contributed by atoms with Crippen molar-refractivity contribution in [3.63, 3.8) is 0 Å². The van der Waals surface area contributed by atoms with E-state index in [0.717, 1.165) is 56.7 Å². The Balaban J connectivity index is 1.44. The highest BCUT2D eigenvalue weighted by Gasteiger charge is 2.29. The van der Waals surface area contributed by atoms with Crippen molar-refractivity contribution in [3.05, 3.63) is 17.0 Å². The average Bonchev–Trinajstić information content (AvgIpc) is 2.92. The predicted molar refractivity (Wildman–Crippen MR) is 91.1 cm³/mol. The fraction of sp³-hybridized carbons (Fsp3) is 0.778. The highest BCUT2D eigenvalue weighted by atomic mass is 16.2. The normalized spacial score (nSPS) is 20.9. The highest BCUT2D eigenvalue weighted by Crippen LogP contribution is 2.26. The Kier molecular flexibility index (Phi) is 5.36. The van der Waals surface area contributed by atoms with Gasteiger partial charge in [-0.3, -0.25) is 9.89 Å². The van der Waals surface area contributed by atoms with Crippen LogP contribution < -0.4 is 5.32 Å². The lowest BCUT2D eigenvalue weighted by molar-refractivity contribution is -0.137. The molecule has 0 atom stereocenters. The van der Waals surface area contributed by atoms with E-state index in [4.69, 9.17) is 0 Å².